The van der Waals surface area contributed by atoms with Gasteiger partial charge in [0, 0.05) is 10.6 Å². The van der Waals surface area contributed by atoms with Crippen molar-refractivity contribution < 1.29 is 14.2 Å². The van der Waals surface area contributed by atoms with Gasteiger partial charge in [0.05, 0.1) is 17.8 Å². The summed E-state index contributed by atoms with van der Waals surface area (Å²) < 4.78 is 18.3. The Hall–Kier alpha value is -1.36. The first-order valence-corrected chi connectivity index (χ1v) is 5.74. The smallest absolute Gasteiger partial charge is 0.225 e. The van der Waals surface area contributed by atoms with Crippen LogP contribution in [0.2, 0.25) is 10.0 Å². The molecule has 0 atom stereocenters. The van der Waals surface area contributed by atoms with Gasteiger partial charge in [-0.15, -0.1) is 0 Å². The lowest BCUT2D eigenvalue weighted by molar-refractivity contribution is 0.274. The van der Waals surface area contributed by atoms with Crippen molar-refractivity contribution in [1.29, 1.82) is 0 Å². The molecule has 2 aromatic rings. The zero-order valence-electron chi connectivity index (χ0n) is 9.03. The molecule has 1 aromatic heterocycles. The third-order valence-corrected chi connectivity index (χ3v) is 2.69. The molecule has 1 aromatic carbocycles. The third kappa shape index (κ3) is 2.90. The number of aliphatic hydroxyl groups excluding tert-OH is 1. The van der Waals surface area contributed by atoms with Crippen molar-refractivity contribution in [2.75, 3.05) is 0 Å². The SMILES string of the molecule is OCc1cc(F)cnc1Oc1ccc(Cl)cc1Cl. The fraction of sp³-hybridized carbons (Fsp3) is 0.0833. The van der Waals surface area contributed by atoms with Crippen LogP contribution in [0.15, 0.2) is 30.5 Å². The molecule has 2 rings (SSSR count). The lowest BCUT2D eigenvalue weighted by atomic mass is 10.3. The van der Waals surface area contributed by atoms with E-state index in [1.165, 1.54) is 6.07 Å². The molecule has 0 bridgehead atoms. The minimum absolute atomic E-state index is 0.100. The van der Waals surface area contributed by atoms with Crippen LogP contribution in [0.25, 0.3) is 0 Å². The zero-order valence-corrected chi connectivity index (χ0v) is 10.5. The Bertz CT molecular complexity index is 578. The van der Waals surface area contributed by atoms with Gasteiger partial charge in [0.25, 0.3) is 0 Å². The summed E-state index contributed by atoms with van der Waals surface area (Å²) in [6, 6.07) is 5.83. The van der Waals surface area contributed by atoms with Gasteiger partial charge < -0.3 is 9.84 Å². The van der Waals surface area contributed by atoms with Gasteiger partial charge in [0.2, 0.25) is 5.88 Å². The molecule has 0 fully saturated rings. The average molecular weight is 288 g/mol. The summed E-state index contributed by atoms with van der Waals surface area (Å²) in [6.45, 7) is -0.384. The van der Waals surface area contributed by atoms with Gasteiger partial charge in [-0.3, -0.25) is 0 Å². The van der Waals surface area contributed by atoms with Crippen molar-refractivity contribution >= 4 is 23.2 Å². The van der Waals surface area contributed by atoms with E-state index in [1.54, 1.807) is 12.1 Å². The van der Waals surface area contributed by atoms with Gasteiger partial charge in [-0.25, -0.2) is 9.37 Å². The van der Waals surface area contributed by atoms with Crippen LogP contribution in [0.3, 0.4) is 0 Å². The zero-order chi connectivity index (χ0) is 13.1. The highest BCUT2D eigenvalue weighted by Gasteiger charge is 2.10. The highest BCUT2D eigenvalue weighted by molar-refractivity contribution is 6.35. The molecule has 0 aliphatic rings. The van der Waals surface area contributed by atoms with Crippen molar-refractivity contribution in [3.63, 3.8) is 0 Å². The molecule has 1 heterocycles. The van der Waals surface area contributed by atoms with Crippen LogP contribution >= 0.6 is 23.2 Å². The van der Waals surface area contributed by atoms with E-state index in [9.17, 15) is 4.39 Å². The molecule has 3 nitrogen and oxygen atoms in total. The maximum atomic E-state index is 12.9. The van der Waals surface area contributed by atoms with Crippen LogP contribution in [0.5, 0.6) is 11.6 Å². The topological polar surface area (TPSA) is 42.4 Å². The van der Waals surface area contributed by atoms with Gasteiger partial charge in [0.1, 0.15) is 11.6 Å². The Morgan fingerprint density at radius 1 is 1.28 bits per heavy atom. The summed E-state index contributed by atoms with van der Waals surface area (Å²) in [7, 11) is 0. The number of ether oxygens (including phenoxy) is 1. The first kappa shape index (κ1) is 13.1. The standard InChI is InChI=1S/C12H8Cl2FNO2/c13-8-1-2-11(10(14)4-8)18-12-7(6-17)3-9(15)5-16-12/h1-5,17H,6H2. The van der Waals surface area contributed by atoms with Gasteiger partial charge in [-0.2, -0.15) is 0 Å². The normalized spacial score (nSPS) is 10.4. The maximum Gasteiger partial charge on any atom is 0.225 e. The Balaban J connectivity index is 2.33. The largest absolute Gasteiger partial charge is 0.437 e. The number of benzene rings is 1. The molecule has 18 heavy (non-hydrogen) atoms. The Morgan fingerprint density at radius 2 is 2.06 bits per heavy atom. The van der Waals surface area contributed by atoms with E-state index in [1.807, 2.05) is 0 Å². The number of hydrogen-bond donors (Lipinski definition) is 1. The van der Waals surface area contributed by atoms with Crippen molar-refractivity contribution in [2.45, 2.75) is 6.61 Å². The highest BCUT2D eigenvalue weighted by atomic mass is 35.5. The van der Waals surface area contributed by atoms with E-state index in [-0.39, 0.29) is 18.1 Å². The number of pyridine rings is 1. The van der Waals surface area contributed by atoms with Gasteiger partial charge >= 0.3 is 0 Å². The molecule has 6 heteroatoms. The number of aromatic nitrogens is 1. The lowest BCUT2D eigenvalue weighted by Crippen LogP contribution is -1.96. The van der Waals surface area contributed by atoms with Crippen molar-refractivity contribution in [2.24, 2.45) is 0 Å². The van der Waals surface area contributed by atoms with E-state index in [4.69, 9.17) is 33.0 Å². The summed E-state index contributed by atoms with van der Waals surface area (Å²) in [5.41, 5.74) is 0.237. The minimum atomic E-state index is -0.548. The number of aliphatic hydroxyl groups is 1. The molecule has 0 saturated heterocycles. The van der Waals surface area contributed by atoms with Crippen LogP contribution in [-0.4, -0.2) is 10.1 Å². The number of halogens is 3. The monoisotopic (exact) mass is 287 g/mol. The van der Waals surface area contributed by atoms with Gasteiger partial charge in [-0.05, 0) is 24.3 Å². The molecular weight excluding hydrogens is 280 g/mol. The Labute approximate surface area is 113 Å². The third-order valence-electron chi connectivity index (χ3n) is 2.16. The summed E-state index contributed by atoms with van der Waals surface area (Å²) >= 11 is 11.7. The van der Waals surface area contributed by atoms with Gasteiger partial charge in [-0.1, -0.05) is 23.2 Å². The van der Waals surface area contributed by atoms with Crippen LogP contribution in [-0.2, 0) is 6.61 Å². The lowest BCUT2D eigenvalue weighted by Gasteiger charge is -2.09. The van der Waals surface area contributed by atoms with E-state index in [0.29, 0.717) is 15.8 Å². The Kier molecular flexibility index (Phi) is 4.01. The van der Waals surface area contributed by atoms with Crippen molar-refractivity contribution in [3.05, 3.63) is 51.9 Å². The number of rotatable bonds is 3. The molecule has 0 saturated carbocycles. The summed E-state index contributed by atoms with van der Waals surface area (Å²) in [5.74, 6) is -0.119. The molecule has 0 aliphatic heterocycles. The number of nitrogens with zero attached hydrogens (tertiary/aromatic N) is 1. The maximum absolute atomic E-state index is 12.9. The summed E-state index contributed by atoms with van der Waals surface area (Å²) in [6.07, 6.45) is 0.998. The van der Waals surface area contributed by atoms with E-state index < -0.39 is 5.82 Å². The van der Waals surface area contributed by atoms with E-state index in [2.05, 4.69) is 4.98 Å². The molecule has 0 aliphatic carbocycles. The predicted molar refractivity (Wildman–Crippen MR) is 66.7 cm³/mol. The second kappa shape index (κ2) is 5.52. The molecular formula is C12H8Cl2FNO2. The van der Waals surface area contributed by atoms with Crippen molar-refractivity contribution in [3.8, 4) is 11.6 Å². The predicted octanol–water partition coefficient (Wildman–Crippen LogP) is 3.81. The molecule has 0 spiro atoms. The average Bonchev–Trinajstić information content (AvgIpc) is 2.34. The van der Waals surface area contributed by atoms with E-state index in [0.717, 1.165) is 12.3 Å². The number of hydrogen-bond acceptors (Lipinski definition) is 3. The first-order valence-electron chi connectivity index (χ1n) is 4.98. The summed E-state index contributed by atoms with van der Waals surface area (Å²) in [5, 5.41) is 9.87. The summed E-state index contributed by atoms with van der Waals surface area (Å²) in [4.78, 5) is 3.76. The van der Waals surface area contributed by atoms with Crippen LogP contribution in [0.1, 0.15) is 5.56 Å². The second-order valence-corrected chi connectivity index (χ2v) is 4.30. The second-order valence-electron chi connectivity index (χ2n) is 3.45. The Morgan fingerprint density at radius 3 is 2.72 bits per heavy atom. The minimum Gasteiger partial charge on any atom is -0.437 e. The molecule has 0 unspecified atom stereocenters. The molecule has 0 radical (unpaired) electrons. The fourth-order valence-corrected chi connectivity index (χ4v) is 1.78. The molecule has 1 N–H and O–H groups in total. The molecule has 94 valence electrons. The van der Waals surface area contributed by atoms with Crippen LogP contribution < -0.4 is 4.74 Å². The highest BCUT2D eigenvalue weighted by Crippen LogP contribution is 2.32. The fourth-order valence-electron chi connectivity index (χ4n) is 1.34. The van der Waals surface area contributed by atoms with Crippen LogP contribution in [0, 0.1) is 5.82 Å². The first-order chi connectivity index (χ1) is 8.60. The van der Waals surface area contributed by atoms with Crippen LogP contribution in [0.4, 0.5) is 4.39 Å². The van der Waals surface area contributed by atoms with E-state index >= 15 is 0 Å². The van der Waals surface area contributed by atoms with Crippen molar-refractivity contribution in [1.82, 2.24) is 4.98 Å². The van der Waals surface area contributed by atoms with Gasteiger partial charge in [0.15, 0.2) is 0 Å². The molecule has 0 amide bonds. The quantitative estimate of drug-likeness (QED) is 0.933.